The number of anilines is 1. The lowest BCUT2D eigenvalue weighted by atomic mass is 10.5. The zero-order chi connectivity index (χ0) is 9.68. The molecule has 0 fully saturated rings. The van der Waals surface area contributed by atoms with E-state index in [0.717, 1.165) is 0 Å². The summed E-state index contributed by atoms with van der Waals surface area (Å²) < 4.78 is 0. The fourth-order valence-electron chi connectivity index (χ4n) is 0.664. The van der Waals surface area contributed by atoms with Gasteiger partial charge in [-0.25, -0.2) is 9.97 Å². The molecule has 1 rings (SSSR count). The number of nitrogens with one attached hydrogen (secondary N) is 1. The van der Waals surface area contributed by atoms with E-state index >= 15 is 0 Å². The lowest BCUT2D eigenvalue weighted by Gasteiger charge is -2.01. The van der Waals surface area contributed by atoms with Crippen LogP contribution in [0.2, 0.25) is 0 Å². The molecular weight excluding hydrogens is 188 g/mol. The Hall–Kier alpha value is -1.60. The predicted octanol–water partition coefficient (Wildman–Crippen LogP) is 1.51. The zero-order valence-corrected chi connectivity index (χ0v) is 7.54. The Labute approximate surface area is 80.9 Å². The van der Waals surface area contributed by atoms with Crippen molar-refractivity contribution in [3.8, 4) is 6.07 Å². The summed E-state index contributed by atoms with van der Waals surface area (Å²) in [5.41, 5.74) is 0.287. The first-order valence-corrected chi connectivity index (χ1v) is 3.89. The second-order valence-electron chi connectivity index (χ2n) is 2.27. The van der Waals surface area contributed by atoms with Crippen molar-refractivity contribution in [2.45, 2.75) is 0 Å². The van der Waals surface area contributed by atoms with Crippen molar-refractivity contribution in [2.24, 2.45) is 0 Å². The summed E-state index contributed by atoms with van der Waals surface area (Å²) in [5.74, 6) is 0.570. The van der Waals surface area contributed by atoms with Gasteiger partial charge < -0.3 is 5.32 Å². The van der Waals surface area contributed by atoms with E-state index in [0.29, 0.717) is 17.4 Å². The fraction of sp³-hybridized carbons (Fsp3) is 0.125. The molecule has 0 amide bonds. The van der Waals surface area contributed by atoms with E-state index in [2.05, 4.69) is 21.9 Å². The summed E-state index contributed by atoms with van der Waals surface area (Å²) in [6.07, 6.45) is 2.86. The summed E-state index contributed by atoms with van der Waals surface area (Å²) in [4.78, 5) is 7.74. The average Bonchev–Trinajstić information content (AvgIpc) is 2.15. The minimum atomic E-state index is 0.287. The van der Waals surface area contributed by atoms with Gasteiger partial charge in [0.15, 0.2) is 5.69 Å². The number of hydrogen-bond donors (Lipinski definition) is 1. The first-order valence-electron chi connectivity index (χ1n) is 3.51. The maximum atomic E-state index is 8.44. The third kappa shape index (κ3) is 3.09. The number of halogens is 1. The zero-order valence-electron chi connectivity index (χ0n) is 6.79. The molecule has 1 aromatic rings. The average molecular weight is 195 g/mol. The molecule has 0 radical (unpaired) electrons. The van der Waals surface area contributed by atoms with Gasteiger partial charge >= 0.3 is 0 Å². The van der Waals surface area contributed by atoms with Gasteiger partial charge in [-0.15, -0.1) is 0 Å². The summed E-state index contributed by atoms with van der Waals surface area (Å²) >= 11 is 5.53. The van der Waals surface area contributed by atoms with E-state index in [4.69, 9.17) is 16.9 Å². The van der Waals surface area contributed by atoms with Crippen molar-refractivity contribution >= 4 is 17.4 Å². The molecular formula is C8H7ClN4. The van der Waals surface area contributed by atoms with Gasteiger partial charge in [-0.1, -0.05) is 18.2 Å². The molecule has 0 unspecified atom stereocenters. The number of hydrogen-bond acceptors (Lipinski definition) is 4. The Morgan fingerprint density at radius 2 is 2.38 bits per heavy atom. The Morgan fingerprint density at radius 3 is 2.85 bits per heavy atom. The third-order valence-corrected chi connectivity index (χ3v) is 1.36. The molecule has 0 saturated heterocycles. The summed E-state index contributed by atoms with van der Waals surface area (Å²) in [6.45, 7) is 3.94. The molecule has 1 aromatic heterocycles. The minimum Gasteiger partial charge on any atom is -0.364 e. The first kappa shape index (κ1) is 9.49. The Balaban J connectivity index is 2.60. The highest BCUT2D eigenvalue weighted by atomic mass is 35.5. The molecule has 0 aromatic carbocycles. The molecule has 0 spiro atoms. The van der Waals surface area contributed by atoms with Crippen molar-refractivity contribution < 1.29 is 0 Å². The molecule has 0 aliphatic carbocycles. The van der Waals surface area contributed by atoms with Gasteiger partial charge in [0.1, 0.15) is 11.9 Å². The Morgan fingerprint density at radius 1 is 1.62 bits per heavy atom. The van der Waals surface area contributed by atoms with Crippen molar-refractivity contribution in [1.82, 2.24) is 9.97 Å². The van der Waals surface area contributed by atoms with Crippen LogP contribution in [0.3, 0.4) is 0 Å². The molecule has 0 aliphatic heterocycles. The molecule has 0 saturated carbocycles. The lowest BCUT2D eigenvalue weighted by molar-refractivity contribution is 1.13. The number of nitriles is 1. The topological polar surface area (TPSA) is 61.6 Å². The van der Waals surface area contributed by atoms with E-state index in [1.54, 1.807) is 0 Å². The van der Waals surface area contributed by atoms with Gasteiger partial charge in [0, 0.05) is 5.03 Å². The standard InChI is InChI=1S/C8H7ClN4/c1-6(9)3-12-8-5-11-7(2-10)4-13-8/h4-5H,1,3H2,(H,12,13). The van der Waals surface area contributed by atoms with Gasteiger partial charge in [0.05, 0.1) is 18.9 Å². The predicted molar refractivity (Wildman–Crippen MR) is 50.2 cm³/mol. The van der Waals surface area contributed by atoms with Crippen LogP contribution in [-0.2, 0) is 0 Å². The van der Waals surface area contributed by atoms with E-state index < -0.39 is 0 Å². The SMILES string of the molecule is C=C(Cl)CNc1cnc(C#N)cn1. The van der Waals surface area contributed by atoms with Crippen LogP contribution in [0.25, 0.3) is 0 Å². The molecule has 0 bridgehead atoms. The normalized spacial score (nSPS) is 8.92. The highest BCUT2D eigenvalue weighted by molar-refractivity contribution is 6.29. The molecule has 1 heterocycles. The van der Waals surface area contributed by atoms with Gasteiger partial charge in [-0.2, -0.15) is 5.26 Å². The molecule has 13 heavy (non-hydrogen) atoms. The van der Waals surface area contributed by atoms with Crippen molar-refractivity contribution in [1.29, 1.82) is 5.26 Å². The van der Waals surface area contributed by atoms with E-state index in [1.165, 1.54) is 12.4 Å². The van der Waals surface area contributed by atoms with Crippen LogP contribution in [0.1, 0.15) is 5.69 Å². The van der Waals surface area contributed by atoms with Crippen LogP contribution in [-0.4, -0.2) is 16.5 Å². The molecule has 5 heteroatoms. The highest BCUT2D eigenvalue weighted by Gasteiger charge is 1.95. The number of rotatable bonds is 3. The van der Waals surface area contributed by atoms with Crippen molar-refractivity contribution in [2.75, 3.05) is 11.9 Å². The van der Waals surface area contributed by atoms with Crippen molar-refractivity contribution in [3.05, 3.63) is 29.7 Å². The molecule has 4 nitrogen and oxygen atoms in total. The largest absolute Gasteiger partial charge is 0.364 e. The summed E-state index contributed by atoms with van der Waals surface area (Å²) in [5, 5.41) is 11.8. The van der Waals surface area contributed by atoms with Crippen LogP contribution in [0, 0.1) is 11.3 Å². The number of nitrogens with zero attached hydrogens (tertiary/aromatic N) is 3. The summed E-state index contributed by atoms with van der Waals surface area (Å²) in [7, 11) is 0. The van der Waals surface area contributed by atoms with Crippen LogP contribution in [0.15, 0.2) is 24.0 Å². The van der Waals surface area contributed by atoms with E-state index in [9.17, 15) is 0 Å². The second-order valence-corrected chi connectivity index (χ2v) is 2.80. The minimum absolute atomic E-state index is 0.287. The molecule has 0 atom stereocenters. The monoisotopic (exact) mass is 194 g/mol. The van der Waals surface area contributed by atoms with Gasteiger partial charge in [0.25, 0.3) is 0 Å². The lowest BCUT2D eigenvalue weighted by Crippen LogP contribution is -2.03. The Kier molecular flexibility index (Phi) is 3.23. The molecule has 1 N–H and O–H groups in total. The van der Waals surface area contributed by atoms with Crippen LogP contribution >= 0.6 is 11.6 Å². The van der Waals surface area contributed by atoms with Crippen LogP contribution < -0.4 is 5.32 Å². The van der Waals surface area contributed by atoms with Gasteiger partial charge in [-0.05, 0) is 0 Å². The third-order valence-electron chi connectivity index (χ3n) is 1.23. The fourth-order valence-corrected chi connectivity index (χ4v) is 0.730. The van der Waals surface area contributed by atoms with Crippen molar-refractivity contribution in [3.63, 3.8) is 0 Å². The van der Waals surface area contributed by atoms with E-state index in [1.807, 2.05) is 6.07 Å². The molecule has 0 aliphatic rings. The van der Waals surface area contributed by atoms with Gasteiger partial charge in [-0.3, -0.25) is 0 Å². The first-order chi connectivity index (χ1) is 6.22. The maximum Gasteiger partial charge on any atom is 0.158 e. The quantitative estimate of drug-likeness (QED) is 0.793. The van der Waals surface area contributed by atoms with Crippen LogP contribution in [0.5, 0.6) is 0 Å². The van der Waals surface area contributed by atoms with Crippen LogP contribution in [0.4, 0.5) is 5.82 Å². The van der Waals surface area contributed by atoms with Gasteiger partial charge in [0.2, 0.25) is 0 Å². The summed E-state index contributed by atoms with van der Waals surface area (Å²) in [6, 6.07) is 1.87. The highest BCUT2D eigenvalue weighted by Crippen LogP contribution is 2.02. The maximum absolute atomic E-state index is 8.44. The second kappa shape index (κ2) is 4.43. The number of aromatic nitrogens is 2. The Bertz CT molecular complexity index is 338. The smallest absolute Gasteiger partial charge is 0.158 e. The molecule has 66 valence electrons. The van der Waals surface area contributed by atoms with E-state index in [-0.39, 0.29) is 5.69 Å².